The van der Waals surface area contributed by atoms with Crippen molar-refractivity contribution in [3.05, 3.63) is 18.3 Å². The molecule has 0 radical (unpaired) electrons. The van der Waals surface area contributed by atoms with Crippen molar-refractivity contribution < 1.29 is 4.74 Å². The molecule has 0 spiro atoms. The molecule has 0 aliphatic rings. The van der Waals surface area contributed by atoms with Crippen molar-refractivity contribution in [2.75, 3.05) is 13.3 Å². The maximum absolute atomic E-state index is 5.54. The van der Waals surface area contributed by atoms with E-state index in [9.17, 15) is 0 Å². The lowest BCUT2D eigenvalue weighted by Crippen LogP contribution is -2.56. The Labute approximate surface area is 100 Å². The molecule has 1 rings (SSSR count). The van der Waals surface area contributed by atoms with Gasteiger partial charge in [-0.1, -0.05) is 27.7 Å². The van der Waals surface area contributed by atoms with E-state index in [4.69, 9.17) is 4.74 Å². The number of aromatic nitrogens is 1. The predicted molar refractivity (Wildman–Crippen MR) is 72.8 cm³/mol. The van der Waals surface area contributed by atoms with Crippen molar-refractivity contribution in [3.63, 3.8) is 0 Å². The van der Waals surface area contributed by atoms with Crippen LogP contribution in [0, 0.1) is 5.92 Å². The van der Waals surface area contributed by atoms with Crippen LogP contribution in [0.4, 0.5) is 0 Å². The van der Waals surface area contributed by atoms with Gasteiger partial charge >= 0.3 is 0 Å². The normalized spacial score (nSPS) is 15.7. The zero-order chi connectivity index (χ0) is 12.2. The van der Waals surface area contributed by atoms with Crippen LogP contribution in [0.2, 0.25) is 11.6 Å². The third-order valence-electron chi connectivity index (χ3n) is 3.41. The van der Waals surface area contributed by atoms with Gasteiger partial charge in [0.25, 0.3) is 0 Å². The molecule has 1 atom stereocenters. The van der Waals surface area contributed by atoms with Crippen molar-refractivity contribution in [2.45, 2.75) is 39.3 Å². The van der Waals surface area contributed by atoms with Gasteiger partial charge in [0.2, 0.25) is 0 Å². The lowest BCUT2D eigenvalue weighted by atomic mass is 10.3. The summed E-state index contributed by atoms with van der Waals surface area (Å²) in [4.78, 5) is 3.43. The molecule has 0 aliphatic heterocycles. The van der Waals surface area contributed by atoms with Crippen molar-refractivity contribution in [1.82, 2.24) is 4.98 Å². The van der Waals surface area contributed by atoms with Gasteiger partial charge in [-0.2, -0.15) is 0 Å². The summed E-state index contributed by atoms with van der Waals surface area (Å²) < 4.78 is 5.54. The maximum atomic E-state index is 5.54. The van der Waals surface area contributed by atoms with Gasteiger partial charge in [-0.15, -0.1) is 0 Å². The lowest BCUT2D eigenvalue weighted by Gasteiger charge is -2.35. The summed E-state index contributed by atoms with van der Waals surface area (Å²) in [5.74, 6) is 0.729. The maximum Gasteiger partial charge on any atom is 0.138 e. The minimum Gasteiger partial charge on any atom is -0.387 e. The van der Waals surface area contributed by atoms with Crippen LogP contribution in [0.1, 0.15) is 27.7 Å². The third kappa shape index (κ3) is 2.77. The average molecular weight is 239 g/mol. The molecule has 0 amide bonds. The first kappa shape index (κ1) is 13.5. The van der Waals surface area contributed by atoms with Crippen molar-refractivity contribution >= 4 is 13.4 Å². The summed E-state index contributed by atoms with van der Waals surface area (Å²) in [6.45, 7) is 9.30. The van der Waals surface area contributed by atoms with E-state index in [0.29, 0.717) is 5.54 Å². The van der Waals surface area contributed by atoms with Crippen LogP contribution in [-0.2, 0) is 4.74 Å². The van der Waals surface area contributed by atoms with E-state index < -0.39 is 8.07 Å². The predicted octanol–water partition coefficient (Wildman–Crippen LogP) is 2.92. The molecule has 0 bridgehead atoms. The first-order valence-corrected chi connectivity index (χ1v) is 8.65. The Bertz CT molecular complexity index is 295. The van der Waals surface area contributed by atoms with Crippen LogP contribution >= 0.6 is 0 Å². The smallest absolute Gasteiger partial charge is 0.138 e. The fourth-order valence-electron chi connectivity index (χ4n) is 2.59. The summed E-state index contributed by atoms with van der Waals surface area (Å²) in [5.41, 5.74) is 0.702. The number of rotatable bonds is 6. The van der Waals surface area contributed by atoms with E-state index in [-0.39, 0.29) is 0 Å². The Balaban J connectivity index is 3.06. The van der Waals surface area contributed by atoms with Crippen LogP contribution in [-0.4, -0.2) is 26.4 Å². The summed E-state index contributed by atoms with van der Waals surface area (Å²) in [5, 5.41) is 1.44. The van der Waals surface area contributed by atoms with Crippen LogP contribution in [0.25, 0.3) is 0 Å². The molecule has 1 aromatic heterocycles. The van der Waals surface area contributed by atoms with E-state index in [1.54, 1.807) is 0 Å². The fourth-order valence-corrected chi connectivity index (χ4v) is 7.28. The Morgan fingerprint density at radius 1 is 1.31 bits per heavy atom. The van der Waals surface area contributed by atoms with Gasteiger partial charge in [0.1, 0.15) is 8.07 Å². The van der Waals surface area contributed by atoms with Crippen LogP contribution in [0.5, 0.6) is 0 Å². The highest BCUT2D eigenvalue weighted by Crippen LogP contribution is 2.28. The van der Waals surface area contributed by atoms with Crippen LogP contribution in [0.3, 0.4) is 0 Å². The van der Waals surface area contributed by atoms with Gasteiger partial charge in [-0.25, -0.2) is 0 Å². The second-order valence-corrected chi connectivity index (χ2v) is 10.1. The molecule has 1 heterocycles. The summed E-state index contributed by atoms with van der Waals surface area (Å²) in [6.07, 6.45) is 2.96. The van der Waals surface area contributed by atoms with Gasteiger partial charge in [0, 0.05) is 24.9 Å². The number of methoxy groups -OCH3 is 1. The zero-order valence-corrected chi connectivity index (χ0v) is 12.2. The van der Waals surface area contributed by atoms with Crippen molar-refractivity contribution in [1.29, 1.82) is 0 Å². The first-order valence-electron chi connectivity index (χ1n) is 6.15. The Hall–Kier alpha value is -0.543. The minimum absolute atomic E-state index is 0.702. The summed E-state index contributed by atoms with van der Waals surface area (Å²) >= 11 is 0. The SMILES string of the molecule is COC[Si](CC(C)C)(c1ccc[nH]1)C(C)C. The van der Waals surface area contributed by atoms with Crippen LogP contribution < -0.4 is 5.32 Å². The molecule has 92 valence electrons. The van der Waals surface area contributed by atoms with Gasteiger partial charge < -0.3 is 9.72 Å². The first-order chi connectivity index (χ1) is 7.53. The number of hydrogen-bond acceptors (Lipinski definition) is 1. The highest BCUT2D eigenvalue weighted by atomic mass is 28.3. The number of hydrogen-bond donors (Lipinski definition) is 1. The van der Waals surface area contributed by atoms with Crippen molar-refractivity contribution in [2.24, 2.45) is 5.92 Å². The molecule has 0 aromatic carbocycles. The quantitative estimate of drug-likeness (QED) is 0.759. The van der Waals surface area contributed by atoms with Gasteiger partial charge in [-0.3, -0.25) is 0 Å². The standard InChI is InChI=1S/C13H25NOSi/c1-11(2)9-16(10-15-5,12(3)4)13-7-6-8-14-13/h6-8,11-12,14H,9-10H2,1-5H3. The van der Waals surface area contributed by atoms with E-state index in [2.05, 4.69) is 44.8 Å². The van der Waals surface area contributed by atoms with E-state index in [1.807, 2.05) is 13.3 Å². The third-order valence-corrected chi connectivity index (χ3v) is 9.36. The fraction of sp³-hybridized carbons (Fsp3) is 0.692. The summed E-state index contributed by atoms with van der Waals surface area (Å²) in [6, 6.07) is 5.64. The topological polar surface area (TPSA) is 25.0 Å². The zero-order valence-electron chi connectivity index (χ0n) is 11.2. The Morgan fingerprint density at radius 3 is 2.38 bits per heavy atom. The van der Waals surface area contributed by atoms with E-state index in [0.717, 1.165) is 12.1 Å². The number of nitrogens with one attached hydrogen (secondary N) is 1. The van der Waals surface area contributed by atoms with Crippen molar-refractivity contribution in [3.8, 4) is 0 Å². The highest BCUT2D eigenvalue weighted by Gasteiger charge is 2.40. The average Bonchev–Trinajstić information content (AvgIpc) is 2.68. The Morgan fingerprint density at radius 2 is 2.00 bits per heavy atom. The molecule has 16 heavy (non-hydrogen) atoms. The molecule has 0 saturated heterocycles. The molecule has 1 N–H and O–H groups in total. The molecule has 2 nitrogen and oxygen atoms in total. The number of aromatic amines is 1. The summed E-state index contributed by atoms with van der Waals surface area (Å²) in [7, 11) is 0.289. The molecular weight excluding hydrogens is 214 g/mol. The molecule has 0 saturated carbocycles. The molecule has 0 aliphatic carbocycles. The van der Waals surface area contributed by atoms with Gasteiger partial charge in [-0.05, 0) is 29.6 Å². The van der Waals surface area contributed by atoms with E-state index >= 15 is 0 Å². The van der Waals surface area contributed by atoms with Crippen LogP contribution in [0.15, 0.2) is 18.3 Å². The molecule has 3 heteroatoms. The second kappa shape index (κ2) is 5.69. The largest absolute Gasteiger partial charge is 0.387 e. The second-order valence-electron chi connectivity index (χ2n) is 5.43. The molecule has 0 fully saturated rings. The number of H-pyrrole nitrogens is 1. The Kier molecular flexibility index (Phi) is 4.81. The minimum atomic E-state index is -1.54. The molecule has 1 aromatic rings. The van der Waals surface area contributed by atoms with E-state index in [1.165, 1.54) is 11.4 Å². The monoisotopic (exact) mass is 239 g/mol. The number of ether oxygens (including phenoxy) is 1. The molecular formula is C13H25NOSi. The lowest BCUT2D eigenvalue weighted by molar-refractivity contribution is 0.244. The van der Waals surface area contributed by atoms with Gasteiger partial charge in [0.05, 0.1) is 0 Å². The highest BCUT2D eigenvalue weighted by molar-refractivity contribution is 6.92. The molecule has 1 unspecified atom stereocenters. The van der Waals surface area contributed by atoms with Gasteiger partial charge in [0.15, 0.2) is 0 Å².